The van der Waals surface area contributed by atoms with Crippen LogP contribution in [0.15, 0.2) is 152 Å². The first-order valence-electron chi connectivity index (χ1n) is 19.8. The van der Waals surface area contributed by atoms with E-state index in [0.717, 1.165) is 27.1 Å². The van der Waals surface area contributed by atoms with Gasteiger partial charge in [-0.15, -0.1) is 10.2 Å². The van der Waals surface area contributed by atoms with Gasteiger partial charge in [-0.25, -0.2) is 0 Å². The summed E-state index contributed by atoms with van der Waals surface area (Å²) in [4.78, 5) is 2.31. The molecule has 62 heavy (non-hydrogen) atoms. The van der Waals surface area contributed by atoms with Gasteiger partial charge in [0.1, 0.15) is 5.69 Å². The Morgan fingerprint density at radius 1 is 0.516 bits per heavy atom. The third-order valence-electron chi connectivity index (χ3n) is 8.99. The topological polar surface area (TPSA) is 165 Å². The molecule has 0 aliphatic carbocycles. The van der Waals surface area contributed by atoms with Crippen molar-refractivity contribution in [1.29, 1.82) is 0 Å². The first-order valence-corrected chi connectivity index (χ1v) is 22.7. The van der Waals surface area contributed by atoms with Gasteiger partial charge in [0.2, 0.25) is 16.0 Å². The zero-order valence-corrected chi connectivity index (χ0v) is 37.8. The van der Waals surface area contributed by atoms with Crippen LogP contribution in [0.3, 0.4) is 0 Å². The SMILES string of the molecule is CCC.CCC.[B]N(C)c1cc(C)c(S(=O)(=O)O)cc1N=Nc1ccc2ccccc2c1.[B]N(C)c1ccc(N=Nc2ccc3ccccc3c2C)c2cc(S(=O)(=O)O)ccc12. The van der Waals surface area contributed by atoms with Crippen LogP contribution in [0.25, 0.3) is 32.3 Å². The van der Waals surface area contributed by atoms with Gasteiger partial charge < -0.3 is 9.62 Å². The molecular formula is C46H50B2N6O6S2. The Bertz CT molecular complexity index is 2960. The smallest absolute Gasteiger partial charge is 0.294 e. The quantitative estimate of drug-likeness (QED) is 0.0865. The molecule has 0 atom stereocenters. The van der Waals surface area contributed by atoms with Crippen LogP contribution in [0, 0.1) is 13.8 Å². The van der Waals surface area contributed by atoms with Crippen LogP contribution in [0.5, 0.6) is 0 Å². The lowest BCUT2D eigenvalue weighted by molar-refractivity contribution is 0.480. The largest absolute Gasteiger partial charge is 0.427 e. The maximum atomic E-state index is 11.6. The number of fused-ring (bicyclic) bond motifs is 3. The summed E-state index contributed by atoms with van der Waals surface area (Å²) in [6, 6.07) is 36.0. The van der Waals surface area contributed by atoms with Gasteiger partial charge in [0.15, 0.2) is 0 Å². The second-order valence-corrected chi connectivity index (χ2v) is 17.2. The van der Waals surface area contributed by atoms with Crippen LogP contribution in [-0.2, 0) is 20.2 Å². The fraction of sp³-hybridized carbons (Fsp3) is 0.217. The molecule has 16 heteroatoms. The van der Waals surface area contributed by atoms with Crippen molar-refractivity contribution in [3.63, 3.8) is 0 Å². The lowest BCUT2D eigenvalue weighted by Gasteiger charge is -2.17. The lowest BCUT2D eigenvalue weighted by atomic mass is 10.0. The molecule has 0 bridgehead atoms. The molecule has 0 saturated carbocycles. The highest BCUT2D eigenvalue weighted by Gasteiger charge is 2.18. The third-order valence-corrected chi connectivity index (χ3v) is 10.8. The van der Waals surface area contributed by atoms with Gasteiger partial charge >= 0.3 is 0 Å². The summed E-state index contributed by atoms with van der Waals surface area (Å²) < 4.78 is 65.2. The zero-order valence-electron chi connectivity index (χ0n) is 36.1. The van der Waals surface area contributed by atoms with Crippen molar-refractivity contribution in [3.8, 4) is 0 Å². The molecule has 7 aromatic carbocycles. The molecule has 0 aliphatic heterocycles. The van der Waals surface area contributed by atoms with Crippen molar-refractivity contribution < 1.29 is 25.9 Å². The first kappa shape index (κ1) is 48.7. The van der Waals surface area contributed by atoms with Crippen LogP contribution in [0.1, 0.15) is 51.7 Å². The number of hydrogen-bond donors (Lipinski definition) is 2. The Labute approximate surface area is 367 Å². The Morgan fingerprint density at radius 2 is 1.06 bits per heavy atom. The molecule has 318 valence electrons. The molecule has 0 aromatic heterocycles. The number of benzene rings is 7. The number of nitrogens with zero attached hydrogens (tertiary/aromatic N) is 6. The average molecular weight is 869 g/mol. The lowest BCUT2D eigenvalue weighted by Crippen LogP contribution is -2.12. The fourth-order valence-electron chi connectivity index (χ4n) is 6.14. The number of azo groups is 2. The monoisotopic (exact) mass is 868 g/mol. The number of rotatable bonds is 8. The molecule has 0 fully saturated rings. The summed E-state index contributed by atoms with van der Waals surface area (Å²) in [5, 5.41) is 22.6. The van der Waals surface area contributed by atoms with Crippen LogP contribution in [0.4, 0.5) is 34.1 Å². The van der Waals surface area contributed by atoms with Gasteiger partial charge in [0.05, 0.1) is 32.5 Å². The van der Waals surface area contributed by atoms with Crippen molar-refractivity contribution in [1.82, 2.24) is 0 Å². The van der Waals surface area contributed by atoms with E-state index in [1.165, 1.54) is 46.7 Å². The highest BCUT2D eigenvalue weighted by molar-refractivity contribution is 7.86. The van der Waals surface area contributed by atoms with E-state index in [0.29, 0.717) is 44.8 Å². The summed E-state index contributed by atoms with van der Waals surface area (Å²) in [7, 11) is 6.27. The number of anilines is 2. The predicted octanol–water partition coefficient (Wildman–Crippen LogP) is 12.6. The molecule has 0 saturated heterocycles. The minimum absolute atomic E-state index is 0.217. The van der Waals surface area contributed by atoms with E-state index in [-0.39, 0.29) is 15.5 Å². The number of aryl methyl sites for hydroxylation is 2. The second kappa shape index (κ2) is 21.7. The molecule has 4 radical (unpaired) electrons. The standard InChI is InChI=1S/C22H18BN3O3S.C18H16BN3O3S.2C3H8/c1-14-17-6-4-3-5-15(17)7-10-20(14)24-25-21-11-12-22(26(2)23)18-9-8-16(13-19(18)21)30(27,28)29;1-12-9-17(22(2)19)16(11-18(12)26(23,24)25)21-20-15-8-7-13-5-3-4-6-14(13)10-15;2*1-3-2/h3-13H,1-2H3,(H,27,28,29);3-11H,1-2H3,(H,23,24,25);2*3H2,1-2H3. The summed E-state index contributed by atoms with van der Waals surface area (Å²) in [6.07, 6.45) is 2.50. The van der Waals surface area contributed by atoms with Gasteiger partial charge in [-0.2, -0.15) is 27.1 Å². The van der Waals surface area contributed by atoms with E-state index < -0.39 is 20.2 Å². The molecule has 0 aliphatic rings. The summed E-state index contributed by atoms with van der Waals surface area (Å²) >= 11 is 0. The van der Waals surface area contributed by atoms with E-state index in [4.69, 9.17) is 16.0 Å². The Morgan fingerprint density at radius 3 is 1.68 bits per heavy atom. The van der Waals surface area contributed by atoms with Crippen LogP contribution >= 0.6 is 0 Å². The molecule has 0 unspecified atom stereocenters. The minimum atomic E-state index is -4.37. The summed E-state index contributed by atoms with van der Waals surface area (Å²) in [5.41, 5.74) is 4.57. The van der Waals surface area contributed by atoms with E-state index in [9.17, 15) is 25.9 Å². The molecule has 0 spiro atoms. The van der Waals surface area contributed by atoms with Crippen LogP contribution in [0.2, 0.25) is 0 Å². The molecule has 0 amide bonds. The molecule has 0 heterocycles. The zero-order chi connectivity index (χ0) is 45.8. The number of hydrogen-bond acceptors (Lipinski definition) is 10. The molecule has 12 nitrogen and oxygen atoms in total. The van der Waals surface area contributed by atoms with Gasteiger partial charge in [0.25, 0.3) is 20.2 Å². The minimum Gasteiger partial charge on any atom is -0.427 e. The van der Waals surface area contributed by atoms with Crippen LogP contribution in [-0.4, -0.2) is 56.0 Å². The Balaban J connectivity index is 0.000000244. The molecule has 2 N–H and O–H groups in total. The average Bonchev–Trinajstić information content (AvgIpc) is 3.22. The van der Waals surface area contributed by atoms with E-state index in [1.807, 2.05) is 85.8 Å². The van der Waals surface area contributed by atoms with E-state index in [1.54, 1.807) is 39.2 Å². The van der Waals surface area contributed by atoms with Gasteiger partial charge in [-0.05, 0) is 115 Å². The van der Waals surface area contributed by atoms with Crippen molar-refractivity contribution in [3.05, 3.63) is 132 Å². The summed E-state index contributed by atoms with van der Waals surface area (Å²) in [5.74, 6) is 0. The van der Waals surface area contributed by atoms with E-state index in [2.05, 4.69) is 48.2 Å². The molecular weight excluding hydrogens is 818 g/mol. The molecule has 7 aromatic rings. The van der Waals surface area contributed by atoms with Crippen molar-refractivity contribution >= 4 is 103 Å². The first-order chi connectivity index (χ1) is 29.3. The van der Waals surface area contributed by atoms with E-state index >= 15 is 0 Å². The fourth-order valence-corrected chi connectivity index (χ4v) is 7.37. The van der Waals surface area contributed by atoms with Crippen molar-refractivity contribution in [2.45, 2.75) is 64.2 Å². The Kier molecular flexibility index (Phi) is 17.1. The van der Waals surface area contributed by atoms with Gasteiger partial charge in [0, 0.05) is 16.5 Å². The highest BCUT2D eigenvalue weighted by Crippen LogP contribution is 2.37. The van der Waals surface area contributed by atoms with Crippen LogP contribution < -0.4 is 9.62 Å². The third kappa shape index (κ3) is 12.6. The van der Waals surface area contributed by atoms with Crippen molar-refractivity contribution in [2.24, 2.45) is 20.5 Å². The second-order valence-electron chi connectivity index (χ2n) is 14.4. The predicted molar refractivity (Wildman–Crippen MR) is 256 cm³/mol. The van der Waals surface area contributed by atoms with Gasteiger partial charge in [-0.1, -0.05) is 107 Å². The van der Waals surface area contributed by atoms with Crippen molar-refractivity contribution in [2.75, 3.05) is 23.7 Å². The molecule has 7 rings (SSSR count). The highest BCUT2D eigenvalue weighted by atomic mass is 32.2. The maximum absolute atomic E-state index is 11.6. The van der Waals surface area contributed by atoms with Gasteiger partial charge in [-0.3, -0.25) is 9.11 Å². The Hall–Kier alpha value is -5.93. The summed E-state index contributed by atoms with van der Waals surface area (Å²) in [6.45, 7) is 12.1. The maximum Gasteiger partial charge on any atom is 0.294 e. The normalized spacial score (nSPS) is 11.5.